The Labute approximate surface area is 120 Å². The average molecular weight is 306 g/mol. The van der Waals surface area contributed by atoms with Gasteiger partial charge in [0, 0.05) is 6.54 Å². The van der Waals surface area contributed by atoms with Crippen LogP contribution in [0.1, 0.15) is 17.3 Å². The molecule has 1 aromatic carbocycles. The number of halogens is 3. The summed E-state index contributed by atoms with van der Waals surface area (Å²) in [7, 11) is 0. The second kappa shape index (κ2) is 7.72. The van der Waals surface area contributed by atoms with Crippen molar-refractivity contribution in [3.05, 3.63) is 23.8 Å². The number of nitrogens with two attached hydrogens (primary N) is 1. The summed E-state index contributed by atoms with van der Waals surface area (Å²) in [6, 6.07) is 4.72. The number of rotatable bonds is 7. The van der Waals surface area contributed by atoms with Crippen molar-refractivity contribution >= 4 is 17.3 Å². The minimum atomic E-state index is -4.34. The first-order valence-electron chi connectivity index (χ1n) is 6.29. The summed E-state index contributed by atoms with van der Waals surface area (Å²) in [5, 5.41) is 2.81. The summed E-state index contributed by atoms with van der Waals surface area (Å²) in [5.41, 5.74) is 6.65. The van der Waals surface area contributed by atoms with E-state index in [9.17, 15) is 18.0 Å². The van der Waals surface area contributed by atoms with Crippen LogP contribution in [0.4, 0.5) is 24.5 Å². The summed E-state index contributed by atoms with van der Waals surface area (Å²) < 4.78 is 44.9. The van der Waals surface area contributed by atoms with E-state index in [2.05, 4.69) is 10.1 Å². The molecule has 5 nitrogen and oxygen atoms in total. The van der Waals surface area contributed by atoms with E-state index in [0.29, 0.717) is 5.69 Å². The molecule has 1 rings (SSSR count). The zero-order valence-corrected chi connectivity index (χ0v) is 11.5. The number of ether oxygens (including phenoxy) is 2. The number of anilines is 2. The number of para-hydroxylation sites is 1. The summed E-state index contributed by atoms with van der Waals surface area (Å²) >= 11 is 0. The van der Waals surface area contributed by atoms with E-state index in [1.165, 1.54) is 6.07 Å². The van der Waals surface area contributed by atoms with Crippen molar-refractivity contribution in [2.24, 2.45) is 0 Å². The molecule has 0 unspecified atom stereocenters. The maximum absolute atomic E-state index is 11.9. The van der Waals surface area contributed by atoms with Gasteiger partial charge in [-0.2, -0.15) is 13.2 Å². The number of carbonyl (C=O) groups excluding carboxylic acids is 1. The van der Waals surface area contributed by atoms with Crippen molar-refractivity contribution in [3.63, 3.8) is 0 Å². The molecule has 0 aromatic heterocycles. The normalized spacial score (nSPS) is 11.2. The maximum Gasteiger partial charge on any atom is 0.411 e. The summed E-state index contributed by atoms with van der Waals surface area (Å²) in [4.78, 5) is 11.6. The van der Waals surface area contributed by atoms with E-state index in [4.69, 9.17) is 10.5 Å². The first-order chi connectivity index (χ1) is 9.85. The van der Waals surface area contributed by atoms with Gasteiger partial charge < -0.3 is 20.5 Å². The molecule has 0 spiro atoms. The van der Waals surface area contributed by atoms with Gasteiger partial charge in [0.15, 0.2) is 0 Å². The Bertz CT molecular complexity index is 478. The fraction of sp³-hybridized carbons (Fsp3) is 0.462. The van der Waals surface area contributed by atoms with Gasteiger partial charge >= 0.3 is 12.1 Å². The van der Waals surface area contributed by atoms with Gasteiger partial charge in [-0.1, -0.05) is 6.07 Å². The van der Waals surface area contributed by atoms with Crippen LogP contribution in [-0.2, 0) is 9.47 Å². The number of hydrogen-bond acceptors (Lipinski definition) is 5. The Morgan fingerprint density at radius 2 is 2.10 bits per heavy atom. The quantitative estimate of drug-likeness (QED) is 0.460. The van der Waals surface area contributed by atoms with Crippen LogP contribution in [0, 0.1) is 0 Å². The number of nitrogen functional groups attached to an aromatic ring is 1. The van der Waals surface area contributed by atoms with E-state index >= 15 is 0 Å². The molecule has 0 saturated carbocycles. The molecule has 0 amide bonds. The topological polar surface area (TPSA) is 73.6 Å². The van der Waals surface area contributed by atoms with Crippen molar-refractivity contribution < 1.29 is 27.4 Å². The van der Waals surface area contributed by atoms with Crippen molar-refractivity contribution in [1.82, 2.24) is 0 Å². The van der Waals surface area contributed by atoms with E-state index in [0.717, 1.165) is 0 Å². The third kappa shape index (κ3) is 5.90. The van der Waals surface area contributed by atoms with E-state index in [-0.39, 0.29) is 31.0 Å². The van der Waals surface area contributed by atoms with E-state index in [1.54, 1.807) is 19.1 Å². The van der Waals surface area contributed by atoms with Gasteiger partial charge in [-0.25, -0.2) is 4.79 Å². The highest BCUT2D eigenvalue weighted by Gasteiger charge is 2.27. The van der Waals surface area contributed by atoms with Gasteiger partial charge in [-0.15, -0.1) is 0 Å². The number of benzene rings is 1. The molecule has 0 bridgehead atoms. The molecule has 0 aliphatic heterocycles. The van der Waals surface area contributed by atoms with Gasteiger partial charge in [0.05, 0.1) is 30.2 Å². The fourth-order valence-corrected chi connectivity index (χ4v) is 1.55. The zero-order valence-electron chi connectivity index (χ0n) is 11.5. The molecule has 0 aliphatic rings. The Kier molecular flexibility index (Phi) is 6.29. The van der Waals surface area contributed by atoms with Crippen molar-refractivity contribution in [2.45, 2.75) is 13.1 Å². The van der Waals surface area contributed by atoms with Crippen LogP contribution in [0.3, 0.4) is 0 Å². The van der Waals surface area contributed by atoms with Crippen LogP contribution in [0.25, 0.3) is 0 Å². The Hall–Kier alpha value is -1.96. The van der Waals surface area contributed by atoms with Crippen molar-refractivity contribution in [3.8, 4) is 0 Å². The molecule has 21 heavy (non-hydrogen) atoms. The minimum Gasteiger partial charge on any atom is -0.462 e. The SMILES string of the molecule is CCOC(=O)c1cccc(NCCOCC(F)(F)F)c1N. The van der Waals surface area contributed by atoms with Gasteiger partial charge in [-0.3, -0.25) is 0 Å². The maximum atomic E-state index is 11.9. The highest BCUT2D eigenvalue weighted by atomic mass is 19.4. The molecule has 0 heterocycles. The van der Waals surface area contributed by atoms with Gasteiger partial charge in [0.1, 0.15) is 6.61 Å². The number of nitrogens with one attached hydrogen (secondary N) is 1. The fourth-order valence-electron chi connectivity index (χ4n) is 1.55. The Morgan fingerprint density at radius 3 is 2.71 bits per heavy atom. The predicted molar refractivity (Wildman–Crippen MR) is 72.2 cm³/mol. The van der Waals surface area contributed by atoms with Crippen molar-refractivity contribution in [2.75, 3.05) is 37.4 Å². The van der Waals surface area contributed by atoms with Crippen LogP contribution in [0.2, 0.25) is 0 Å². The molecular formula is C13H17F3N2O3. The largest absolute Gasteiger partial charge is 0.462 e. The predicted octanol–water partition coefficient (Wildman–Crippen LogP) is 2.44. The van der Waals surface area contributed by atoms with Crippen LogP contribution >= 0.6 is 0 Å². The lowest BCUT2D eigenvalue weighted by Gasteiger charge is -2.13. The smallest absolute Gasteiger partial charge is 0.411 e. The summed E-state index contributed by atoms with van der Waals surface area (Å²) in [6.07, 6.45) is -4.34. The minimum absolute atomic E-state index is 0.132. The summed E-state index contributed by atoms with van der Waals surface area (Å²) in [5.74, 6) is -0.549. The van der Waals surface area contributed by atoms with Gasteiger partial charge in [-0.05, 0) is 19.1 Å². The first-order valence-corrected chi connectivity index (χ1v) is 6.29. The standard InChI is InChI=1S/C13H17F3N2O3/c1-2-21-12(19)9-4-3-5-10(11(9)17)18-6-7-20-8-13(14,15)16/h3-5,18H,2,6-8,17H2,1H3. The second-order valence-corrected chi connectivity index (χ2v) is 4.08. The van der Waals surface area contributed by atoms with E-state index in [1.807, 2.05) is 0 Å². The summed E-state index contributed by atoms with van der Waals surface area (Å²) in [6.45, 7) is 0.595. The van der Waals surface area contributed by atoms with Crippen molar-refractivity contribution in [1.29, 1.82) is 0 Å². The molecule has 0 radical (unpaired) electrons. The van der Waals surface area contributed by atoms with Crippen LogP contribution in [-0.4, -0.2) is 38.5 Å². The highest BCUT2D eigenvalue weighted by Crippen LogP contribution is 2.23. The van der Waals surface area contributed by atoms with Gasteiger partial charge in [0.2, 0.25) is 0 Å². The Balaban J connectivity index is 2.52. The lowest BCUT2D eigenvalue weighted by atomic mass is 10.1. The molecule has 0 aliphatic carbocycles. The first kappa shape index (κ1) is 17.1. The molecular weight excluding hydrogens is 289 g/mol. The number of hydrogen-bond donors (Lipinski definition) is 2. The Morgan fingerprint density at radius 1 is 1.38 bits per heavy atom. The van der Waals surface area contributed by atoms with Crippen LogP contribution < -0.4 is 11.1 Å². The highest BCUT2D eigenvalue weighted by molar-refractivity contribution is 5.98. The number of esters is 1. The molecule has 1 aromatic rings. The zero-order chi connectivity index (χ0) is 15.9. The number of carbonyl (C=O) groups is 1. The van der Waals surface area contributed by atoms with Gasteiger partial charge in [0.25, 0.3) is 0 Å². The molecule has 118 valence electrons. The third-order valence-corrected chi connectivity index (χ3v) is 2.43. The molecule has 0 saturated heterocycles. The average Bonchev–Trinajstić information content (AvgIpc) is 2.39. The van der Waals surface area contributed by atoms with Crippen LogP contribution in [0.5, 0.6) is 0 Å². The van der Waals surface area contributed by atoms with Crippen LogP contribution in [0.15, 0.2) is 18.2 Å². The molecule has 3 N–H and O–H groups in total. The number of alkyl halides is 3. The monoisotopic (exact) mass is 306 g/mol. The van der Waals surface area contributed by atoms with E-state index < -0.39 is 18.8 Å². The second-order valence-electron chi connectivity index (χ2n) is 4.08. The molecule has 8 heteroatoms. The lowest BCUT2D eigenvalue weighted by molar-refractivity contribution is -0.172. The molecule has 0 atom stereocenters. The third-order valence-electron chi connectivity index (χ3n) is 2.43. The molecule has 0 fully saturated rings. The lowest BCUT2D eigenvalue weighted by Crippen LogP contribution is -2.20.